The molecule has 2 fully saturated rings. The van der Waals surface area contributed by atoms with E-state index in [0.29, 0.717) is 32.8 Å². The Labute approximate surface area is 421 Å². The molecule has 0 spiro atoms. The Balaban J connectivity index is 0.000000235. The summed E-state index contributed by atoms with van der Waals surface area (Å²) in [6, 6.07) is 60.5. The molecule has 0 amide bonds. The average molecular weight is 985 g/mol. The Hall–Kier alpha value is -4.90. The SMILES string of the molecule is CCC1O[C@H](OC)C(OCc2ccccc2)[C@H](OCc2ccccc2)[C@@H]1O.CO[C@H]1OC(CO[Si](c2ccccc2)(c2ccccc2)C(C)(C)C)[C@@H](O)[C@@H](OCc2ccccc2)C1OCc1ccccc1. The Morgan fingerprint density at radius 3 is 1.04 bits per heavy atom. The lowest BCUT2D eigenvalue weighted by molar-refractivity contribution is -0.313. The molecule has 8 rings (SSSR count). The maximum absolute atomic E-state index is 11.9. The second-order valence-electron chi connectivity index (χ2n) is 19.0. The van der Waals surface area contributed by atoms with Crippen LogP contribution in [0.5, 0.6) is 0 Å². The summed E-state index contributed by atoms with van der Waals surface area (Å²) in [5, 5.41) is 24.8. The van der Waals surface area contributed by atoms with Gasteiger partial charge in [0.25, 0.3) is 8.32 Å². The maximum Gasteiger partial charge on any atom is 0.261 e. The van der Waals surface area contributed by atoms with Crippen LogP contribution in [0, 0.1) is 0 Å². The van der Waals surface area contributed by atoms with Crippen LogP contribution in [0.1, 0.15) is 56.4 Å². The predicted molar refractivity (Wildman–Crippen MR) is 277 cm³/mol. The van der Waals surface area contributed by atoms with E-state index >= 15 is 0 Å². The van der Waals surface area contributed by atoms with Crippen LogP contribution in [0.3, 0.4) is 0 Å². The second-order valence-corrected chi connectivity index (χ2v) is 23.3. The summed E-state index contributed by atoms with van der Waals surface area (Å²) in [4.78, 5) is 0. The van der Waals surface area contributed by atoms with E-state index in [-0.39, 0.29) is 17.7 Å². The van der Waals surface area contributed by atoms with Gasteiger partial charge in [-0.2, -0.15) is 0 Å². The quantitative estimate of drug-likeness (QED) is 0.0715. The van der Waals surface area contributed by atoms with Crippen molar-refractivity contribution in [2.75, 3.05) is 20.8 Å². The topological polar surface area (TPSA) is 124 Å². The van der Waals surface area contributed by atoms with Crippen molar-refractivity contribution in [3.63, 3.8) is 0 Å². The molecule has 378 valence electrons. The molecule has 2 N–H and O–H groups in total. The van der Waals surface area contributed by atoms with Crippen molar-refractivity contribution in [3.05, 3.63) is 204 Å². The molecule has 0 bridgehead atoms. The summed E-state index contributed by atoms with van der Waals surface area (Å²) < 4.78 is 55.8. The predicted octanol–water partition coefficient (Wildman–Crippen LogP) is 8.77. The molecule has 4 unspecified atom stereocenters. The van der Waals surface area contributed by atoms with Crippen LogP contribution in [0.4, 0.5) is 0 Å². The van der Waals surface area contributed by atoms with E-state index in [1.165, 1.54) is 0 Å². The highest BCUT2D eigenvalue weighted by Crippen LogP contribution is 2.38. The van der Waals surface area contributed by atoms with Crippen molar-refractivity contribution in [2.24, 2.45) is 0 Å². The largest absolute Gasteiger partial charge is 0.405 e. The van der Waals surface area contributed by atoms with Crippen molar-refractivity contribution in [2.45, 2.75) is 127 Å². The minimum Gasteiger partial charge on any atom is -0.405 e. The molecule has 10 atom stereocenters. The van der Waals surface area contributed by atoms with Gasteiger partial charge >= 0.3 is 0 Å². The molecule has 2 aliphatic heterocycles. The number of ether oxygens (including phenoxy) is 8. The van der Waals surface area contributed by atoms with E-state index in [0.717, 1.165) is 32.6 Å². The minimum atomic E-state index is -2.87. The molecule has 71 heavy (non-hydrogen) atoms. The van der Waals surface area contributed by atoms with Gasteiger partial charge in [-0.05, 0) is 44.1 Å². The fourth-order valence-corrected chi connectivity index (χ4v) is 14.0. The molecule has 0 aliphatic carbocycles. The highest BCUT2D eigenvalue weighted by molar-refractivity contribution is 6.99. The van der Waals surface area contributed by atoms with Crippen molar-refractivity contribution >= 4 is 18.7 Å². The highest BCUT2D eigenvalue weighted by Gasteiger charge is 2.53. The first-order valence-corrected chi connectivity index (χ1v) is 26.6. The van der Waals surface area contributed by atoms with E-state index < -0.39 is 63.6 Å². The zero-order valence-electron chi connectivity index (χ0n) is 41.9. The first-order chi connectivity index (χ1) is 34.6. The number of rotatable bonds is 20. The van der Waals surface area contributed by atoms with Gasteiger partial charge in [-0.1, -0.05) is 210 Å². The van der Waals surface area contributed by atoms with Gasteiger partial charge in [0.2, 0.25) is 0 Å². The number of hydrogen-bond donors (Lipinski definition) is 2. The second kappa shape index (κ2) is 26.7. The summed E-state index contributed by atoms with van der Waals surface area (Å²) >= 11 is 0. The summed E-state index contributed by atoms with van der Waals surface area (Å²) in [6.07, 6.45) is -6.03. The summed E-state index contributed by atoms with van der Waals surface area (Å²) in [6.45, 7) is 10.2. The van der Waals surface area contributed by atoms with E-state index in [4.69, 9.17) is 42.3 Å². The monoisotopic (exact) mass is 984 g/mol. The molecule has 11 nitrogen and oxygen atoms in total. The third-order valence-corrected chi connectivity index (χ3v) is 18.1. The first-order valence-electron chi connectivity index (χ1n) is 24.7. The molecule has 0 saturated carbocycles. The number of hydrogen-bond acceptors (Lipinski definition) is 11. The van der Waals surface area contributed by atoms with Crippen molar-refractivity contribution in [1.82, 2.24) is 0 Å². The molecule has 0 radical (unpaired) electrons. The fourth-order valence-electron chi connectivity index (χ4n) is 9.41. The molecule has 6 aromatic rings. The molecular formula is C59H72O11Si. The Kier molecular flexibility index (Phi) is 20.3. The Bertz CT molecular complexity index is 2340. The molecule has 6 aromatic carbocycles. The molecule has 0 aromatic heterocycles. The molecule has 2 saturated heterocycles. The van der Waals surface area contributed by atoms with Crippen LogP contribution in [0.2, 0.25) is 5.04 Å². The molecule has 12 heteroatoms. The van der Waals surface area contributed by atoms with Crippen molar-refractivity contribution in [3.8, 4) is 0 Å². The summed E-state index contributed by atoms with van der Waals surface area (Å²) in [7, 11) is 0.310. The van der Waals surface area contributed by atoms with Gasteiger partial charge in [0, 0.05) is 14.2 Å². The molecule has 2 heterocycles. The van der Waals surface area contributed by atoms with Crippen LogP contribution >= 0.6 is 0 Å². The van der Waals surface area contributed by atoms with Gasteiger partial charge in [0.15, 0.2) is 12.6 Å². The van der Waals surface area contributed by atoms with E-state index in [1.54, 1.807) is 14.2 Å². The summed E-state index contributed by atoms with van der Waals surface area (Å²) in [5.41, 5.74) is 4.10. The minimum absolute atomic E-state index is 0.158. The van der Waals surface area contributed by atoms with E-state index in [2.05, 4.69) is 69.3 Å². The highest BCUT2D eigenvalue weighted by atomic mass is 28.4. The average Bonchev–Trinajstić information content (AvgIpc) is 3.41. The molecule has 2 aliphatic rings. The normalized spacial score (nSPS) is 24.7. The van der Waals surface area contributed by atoms with Gasteiger partial charge in [-0.3, -0.25) is 0 Å². The van der Waals surface area contributed by atoms with Crippen LogP contribution in [-0.4, -0.2) is 101 Å². The standard InChI is InChI=1S/C37H44O6Si.C22H28O5/c1-37(2,3)44(30-21-13-7-14-22-30,31-23-15-8-16-24-31)42-27-32-33(38)34(40-25-28-17-9-5-10-18-28)35(36(39-4)43-32)41-26-29-19-11-6-12-20-29;1-3-18-19(23)20(25-14-16-10-6-4-7-11-16)21(22(24-2)27-18)26-15-17-12-8-5-9-13-17/h5-24,32-36,38H,25-27H2,1-4H3;4-13,18-23H,3,14-15H2,1-2H3/t32?,33-,34-,35?,36+;18?,19-,20-,21?,22+/m11/s1. The van der Waals surface area contributed by atoms with Crippen LogP contribution < -0.4 is 10.4 Å². The van der Waals surface area contributed by atoms with Crippen LogP contribution in [-0.2, 0) is 68.7 Å². The fraction of sp³-hybridized carbons (Fsp3) is 0.390. The zero-order chi connectivity index (χ0) is 50.1. The third-order valence-electron chi connectivity index (χ3n) is 13.1. The number of aliphatic hydroxyl groups excluding tert-OH is 2. The van der Waals surface area contributed by atoms with Crippen molar-refractivity contribution < 1.29 is 52.5 Å². The number of aliphatic hydroxyl groups is 2. The third kappa shape index (κ3) is 14.0. The van der Waals surface area contributed by atoms with Gasteiger partial charge < -0.3 is 52.5 Å². The van der Waals surface area contributed by atoms with Gasteiger partial charge in [0.1, 0.15) is 42.7 Å². The maximum atomic E-state index is 11.9. The number of benzene rings is 6. The lowest BCUT2D eigenvalue weighted by atomic mass is 9.96. The number of methoxy groups -OCH3 is 2. The lowest BCUT2D eigenvalue weighted by Gasteiger charge is -2.47. The van der Waals surface area contributed by atoms with Crippen LogP contribution in [0.15, 0.2) is 182 Å². The van der Waals surface area contributed by atoms with Gasteiger partial charge in [-0.25, -0.2) is 0 Å². The lowest BCUT2D eigenvalue weighted by Crippen LogP contribution is -2.68. The molecular weight excluding hydrogens is 913 g/mol. The zero-order valence-corrected chi connectivity index (χ0v) is 42.9. The van der Waals surface area contributed by atoms with Gasteiger partial charge in [-0.15, -0.1) is 0 Å². The van der Waals surface area contributed by atoms with E-state index in [1.807, 2.05) is 140 Å². The van der Waals surface area contributed by atoms with E-state index in [9.17, 15) is 10.2 Å². The Morgan fingerprint density at radius 1 is 0.437 bits per heavy atom. The summed E-state index contributed by atoms with van der Waals surface area (Å²) in [5.74, 6) is 0. The smallest absolute Gasteiger partial charge is 0.261 e. The first kappa shape index (κ1) is 53.9. The Morgan fingerprint density at radius 2 is 0.732 bits per heavy atom. The van der Waals surface area contributed by atoms with Crippen LogP contribution in [0.25, 0.3) is 0 Å². The van der Waals surface area contributed by atoms with Gasteiger partial charge in [0.05, 0.1) is 39.1 Å². The van der Waals surface area contributed by atoms with Crippen molar-refractivity contribution in [1.29, 1.82) is 0 Å².